The number of carboxylic acid groups (broad SMARTS) is 1. The van der Waals surface area contributed by atoms with E-state index in [2.05, 4.69) is 0 Å². The van der Waals surface area contributed by atoms with E-state index in [1.807, 2.05) is 35.7 Å². The van der Waals surface area contributed by atoms with E-state index in [-0.39, 0.29) is 6.42 Å². The summed E-state index contributed by atoms with van der Waals surface area (Å²) >= 11 is 7.50. The number of aliphatic carboxylic acids is 1. The van der Waals surface area contributed by atoms with Gasteiger partial charge in [0, 0.05) is 16.3 Å². The lowest BCUT2D eigenvalue weighted by Gasteiger charge is -2.02. The van der Waals surface area contributed by atoms with Gasteiger partial charge in [0.05, 0.1) is 6.42 Å². The molecule has 0 amide bonds. The first-order valence-corrected chi connectivity index (χ1v) is 6.42. The van der Waals surface area contributed by atoms with Gasteiger partial charge in [-0.1, -0.05) is 23.7 Å². The van der Waals surface area contributed by atoms with Crippen LogP contribution in [-0.2, 0) is 17.6 Å². The topological polar surface area (TPSA) is 37.3 Å². The smallest absolute Gasteiger partial charge is 0.307 e. The van der Waals surface area contributed by atoms with Gasteiger partial charge in [-0.3, -0.25) is 4.79 Å². The highest BCUT2D eigenvalue weighted by Gasteiger charge is 2.09. The van der Waals surface area contributed by atoms with E-state index in [0.717, 1.165) is 22.4 Å². The van der Waals surface area contributed by atoms with Gasteiger partial charge >= 0.3 is 5.97 Å². The molecule has 0 atom stereocenters. The Bertz CT molecular complexity index is 534. The van der Waals surface area contributed by atoms with Gasteiger partial charge in [0.15, 0.2) is 0 Å². The monoisotopic (exact) mass is 266 g/mol. The van der Waals surface area contributed by atoms with Crippen molar-refractivity contribution in [3.8, 4) is 0 Å². The van der Waals surface area contributed by atoms with Crippen LogP contribution in [0, 0.1) is 0 Å². The van der Waals surface area contributed by atoms with E-state index in [9.17, 15) is 4.79 Å². The summed E-state index contributed by atoms with van der Waals surface area (Å²) in [6.07, 6.45) is 0.820. The zero-order chi connectivity index (χ0) is 12.3. The quantitative estimate of drug-likeness (QED) is 0.918. The molecular weight excluding hydrogens is 256 g/mol. The zero-order valence-corrected chi connectivity index (χ0v) is 10.6. The van der Waals surface area contributed by atoms with Crippen LogP contribution in [0.3, 0.4) is 0 Å². The number of carbonyl (C=O) groups is 1. The van der Waals surface area contributed by atoms with E-state index < -0.39 is 5.97 Å². The Morgan fingerprint density at radius 1 is 1.35 bits per heavy atom. The maximum atomic E-state index is 10.7. The summed E-state index contributed by atoms with van der Waals surface area (Å²) < 4.78 is 0. The van der Waals surface area contributed by atoms with Crippen LogP contribution in [-0.4, -0.2) is 11.1 Å². The van der Waals surface area contributed by atoms with Crippen molar-refractivity contribution in [1.82, 2.24) is 0 Å². The first-order chi connectivity index (χ1) is 8.15. The zero-order valence-electron chi connectivity index (χ0n) is 9.02. The van der Waals surface area contributed by atoms with Crippen LogP contribution in [0.5, 0.6) is 0 Å². The SMILES string of the molecule is O=C(O)Cc1ccsc1Cc1cccc(Cl)c1. The molecule has 2 nitrogen and oxygen atoms in total. The standard InChI is InChI=1S/C13H11ClO2S/c14-11-3-1-2-9(6-11)7-12-10(4-5-17-12)8-13(15)16/h1-6H,7-8H2,(H,15,16). The summed E-state index contributed by atoms with van der Waals surface area (Å²) in [6.45, 7) is 0. The normalized spacial score (nSPS) is 10.4. The van der Waals surface area contributed by atoms with Crippen molar-refractivity contribution in [3.63, 3.8) is 0 Å². The van der Waals surface area contributed by atoms with Gasteiger partial charge in [-0.2, -0.15) is 0 Å². The molecule has 88 valence electrons. The van der Waals surface area contributed by atoms with Gasteiger partial charge in [-0.15, -0.1) is 11.3 Å². The minimum absolute atomic E-state index is 0.0827. The number of rotatable bonds is 4. The fourth-order valence-electron chi connectivity index (χ4n) is 1.67. The second kappa shape index (κ2) is 5.34. The average molecular weight is 267 g/mol. The Morgan fingerprint density at radius 3 is 2.88 bits per heavy atom. The predicted molar refractivity (Wildman–Crippen MR) is 69.9 cm³/mol. The fourth-order valence-corrected chi connectivity index (χ4v) is 2.83. The summed E-state index contributed by atoms with van der Waals surface area (Å²) in [6, 6.07) is 9.51. The third-order valence-electron chi connectivity index (χ3n) is 2.43. The number of hydrogen-bond acceptors (Lipinski definition) is 2. The van der Waals surface area contributed by atoms with Crippen LogP contribution in [0.4, 0.5) is 0 Å². The fraction of sp³-hybridized carbons (Fsp3) is 0.154. The molecular formula is C13H11ClO2S. The number of thiophene rings is 1. The van der Waals surface area contributed by atoms with E-state index in [1.165, 1.54) is 0 Å². The summed E-state index contributed by atoms with van der Waals surface area (Å²) in [7, 11) is 0. The van der Waals surface area contributed by atoms with Crippen LogP contribution >= 0.6 is 22.9 Å². The maximum Gasteiger partial charge on any atom is 0.307 e. The predicted octanol–water partition coefficient (Wildman–Crippen LogP) is 3.62. The molecule has 2 aromatic rings. The van der Waals surface area contributed by atoms with E-state index in [1.54, 1.807) is 11.3 Å². The van der Waals surface area contributed by atoms with Gasteiger partial charge in [-0.25, -0.2) is 0 Å². The van der Waals surface area contributed by atoms with Crippen molar-refractivity contribution in [2.75, 3.05) is 0 Å². The van der Waals surface area contributed by atoms with Crippen molar-refractivity contribution in [1.29, 1.82) is 0 Å². The highest BCUT2D eigenvalue weighted by molar-refractivity contribution is 7.10. The summed E-state index contributed by atoms with van der Waals surface area (Å²) in [5, 5.41) is 11.4. The maximum absolute atomic E-state index is 10.7. The molecule has 1 N–H and O–H groups in total. The highest BCUT2D eigenvalue weighted by Crippen LogP contribution is 2.22. The third kappa shape index (κ3) is 3.32. The van der Waals surface area contributed by atoms with E-state index >= 15 is 0 Å². The van der Waals surface area contributed by atoms with Crippen LogP contribution in [0.25, 0.3) is 0 Å². The largest absolute Gasteiger partial charge is 0.481 e. The van der Waals surface area contributed by atoms with Crippen LogP contribution in [0.15, 0.2) is 35.7 Å². The Kier molecular flexibility index (Phi) is 3.82. The van der Waals surface area contributed by atoms with Crippen molar-refractivity contribution in [3.05, 3.63) is 56.7 Å². The second-order valence-corrected chi connectivity index (χ2v) is 5.18. The molecule has 0 aliphatic heterocycles. The molecule has 0 spiro atoms. The van der Waals surface area contributed by atoms with Gasteiger partial charge in [0.1, 0.15) is 0 Å². The molecule has 1 heterocycles. The van der Waals surface area contributed by atoms with Crippen molar-refractivity contribution in [2.45, 2.75) is 12.8 Å². The molecule has 0 aliphatic carbocycles. The lowest BCUT2D eigenvalue weighted by Crippen LogP contribution is -2.01. The molecule has 0 unspecified atom stereocenters. The molecule has 0 fully saturated rings. The first kappa shape index (κ1) is 12.1. The lowest BCUT2D eigenvalue weighted by molar-refractivity contribution is -0.136. The Labute approximate surface area is 108 Å². The molecule has 1 aromatic heterocycles. The molecule has 2 rings (SSSR count). The summed E-state index contributed by atoms with van der Waals surface area (Å²) in [5.41, 5.74) is 1.99. The molecule has 4 heteroatoms. The van der Waals surface area contributed by atoms with Crippen molar-refractivity contribution < 1.29 is 9.90 Å². The summed E-state index contributed by atoms with van der Waals surface area (Å²) in [5.74, 6) is -0.796. The van der Waals surface area contributed by atoms with E-state index in [0.29, 0.717) is 5.02 Å². The van der Waals surface area contributed by atoms with Crippen LogP contribution in [0.2, 0.25) is 5.02 Å². The number of halogens is 1. The number of hydrogen-bond donors (Lipinski definition) is 1. The molecule has 0 aliphatic rings. The highest BCUT2D eigenvalue weighted by atomic mass is 35.5. The Balaban J connectivity index is 2.18. The van der Waals surface area contributed by atoms with Crippen LogP contribution in [0.1, 0.15) is 16.0 Å². The Morgan fingerprint density at radius 2 is 2.18 bits per heavy atom. The molecule has 0 radical (unpaired) electrons. The van der Waals surface area contributed by atoms with Gasteiger partial charge in [-0.05, 0) is 34.7 Å². The Hall–Kier alpha value is -1.32. The molecule has 1 aromatic carbocycles. The van der Waals surface area contributed by atoms with Gasteiger partial charge in [0.2, 0.25) is 0 Å². The van der Waals surface area contributed by atoms with Crippen molar-refractivity contribution >= 4 is 28.9 Å². The molecule has 0 saturated heterocycles. The van der Waals surface area contributed by atoms with Crippen molar-refractivity contribution in [2.24, 2.45) is 0 Å². The number of carboxylic acids is 1. The summed E-state index contributed by atoms with van der Waals surface area (Å²) in [4.78, 5) is 11.8. The first-order valence-electron chi connectivity index (χ1n) is 5.16. The third-order valence-corrected chi connectivity index (χ3v) is 3.63. The molecule has 0 bridgehead atoms. The second-order valence-electron chi connectivity index (χ2n) is 3.75. The minimum atomic E-state index is -0.796. The average Bonchev–Trinajstić information content (AvgIpc) is 2.65. The molecule has 17 heavy (non-hydrogen) atoms. The molecule has 0 saturated carbocycles. The van der Waals surface area contributed by atoms with Crippen LogP contribution < -0.4 is 0 Å². The van der Waals surface area contributed by atoms with E-state index in [4.69, 9.17) is 16.7 Å². The number of benzene rings is 1. The van der Waals surface area contributed by atoms with Gasteiger partial charge < -0.3 is 5.11 Å². The van der Waals surface area contributed by atoms with Gasteiger partial charge in [0.25, 0.3) is 0 Å². The minimum Gasteiger partial charge on any atom is -0.481 e. The lowest BCUT2D eigenvalue weighted by atomic mass is 10.1.